The number of fused-ring (bicyclic) bond motifs is 4. The number of carbonyl (C=O) groups excluding carboxylic acids is 2. The number of carbonyl (C=O) groups is 2. The van der Waals surface area contributed by atoms with Gasteiger partial charge in [-0.3, -0.25) is 14.4 Å². The van der Waals surface area contributed by atoms with Gasteiger partial charge in [0.05, 0.1) is 44.1 Å². The third-order valence-electron chi connectivity index (χ3n) is 9.04. The van der Waals surface area contributed by atoms with Crippen LogP contribution in [-0.4, -0.2) is 49.2 Å². The van der Waals surface area contributed by atoms with Crippen molar-refractivity contribution in [2.45, 2.75) is 71.9 Å². The second kappa shape index (κ2) is 14.4. The van der Waals surface area contributed by atoms with Crippen molar-refractivity contribution in [2.75, 3.05) is 32.0 Å². The molecular weight excluding hydrogens is 610 g/mol. The van der Waals surface area contributed by atoms with Crippen molar-refractivity contribution >= 4 is 34.2 Å². The van der Waals surface area contributed by atoms with Crippen LogP contribution < -0.4 is 35.6 Å². The van der Waals surface area contributed by atoms with Crippen LogP contribution >= 0.6 is 0 Å². The normalized spacial score (nSPS) is 15.1. The number of amides is 2. The number of nitrogens with one attached hydrogen (secondary N) is 4. The third-order valence-corrected chi connectivity index (χ3v) is 9.04. The first-order chi connectivity index (χ1) is 23.0. The Labute approximate surface area is 280 Å². The van der Waals surface area contributed by atoms with Crippen LogP contribution in [0.5, 0.6) is 17.2 Å². The molecule has 0 unspecified atom stereocenters. The van der Waals surface area contributed by atoms with E-state index < -0.39 is 12.1 Å². The van der Waals surface area contributed by atoms with Crippen LogP contribution in [0.3, 0.4) is 0 Å². The molecule has 0 fully saturated rings. The highest BCUT2D eigenvalue weighted by Crippen LogP contribution is 2.50. The average molecular weight is 656 g/mol. The number of rotatable bonds is 11. The van der Waals surface area contributed by atoms with Crippen LogP contribution in [0.15, 0.2) is 47.3 Å². The SMILES string of the molecule is CC[C@H](C)[C@H](Nc1ccc2c(cc1=O)[C@@H](NC(C)=O)CCc1cc(OC)c(OC)c(OC)c1-2)C(=O)Nc1ccc2nc(C(C)C)[nH]c2c1. The first-order valence-electron chi connectivity index (χ1n) is 16.3. The Morgan fingerprint density at radius 2 is 1.75 bits per heavy atom. The molecule has 0 radical (unpaired) electrons. The topological polar surface area (TPSA) is 144 Å². The number of H-pyrrole nitrogens is 1. The molecule has 1 heterocycles. The number of benzene rings is 2. The number of aryl methyl sites for hydroxylation is 1. The predicted molar refractivity (Wildman–Crippen MR) is 188 cm³/mol. The summed E-state index contributed by atoms with van der Waals surface area (Å²) in [6.07, 6.45) is 1.83. The van der Waals surface area contributed by atoms with Crippen molar-refractivity contribution in [3.8, 4) is 28.4 Å². The summed E-state index contributed by atoms with van der Waals surface area (Å²) in [5.74, 6) is 1.96. The van der Waals surface area contributed by atoms with Crippen LogP contribution in [0.4, 0.5) is 11.4 Å². The standard InChI is InChI=1S/C37H45N5O6/c1-9-20(4)33(37(45)39-23-11-14-27-29(17-23)42-36(41-27)19(2)3)40-28-15-12-24-25(18-30(28)44)26(38-21(5)43)13-10-22-16-31(46-6)34(47-7)35(48-8)32(22)24/h11-12,14-20,26,33H,9-10,13H2,1-8H3,(H,38,43)(H,39,45)(H,40,44)(H,41,42)/t20-,26-,33-/m0/s1. The molecule has 0 saturated carbocycles. The zero-order valence-corrected chi connectivity index (χ0v) is 28.9. The number of methoxy groups -OCH3 is 3. The van der Waals surface area contributed by atoms with Gasteiger partial charge in [0, 0.05) is 24.1 Å². The summed E-state index contributed by atoms with van der Waals surface area (Å²) in [6.45, 7) is 9.57. The molecule has 3 atom stereocenters. The molecule has 4 aromatic rings. The Balaban J connectivity index is 1.57. The van der Waals surface area contributed by atoms with Gasteiger partial charge in [-0.15, -0.1) is 0 Å². The maximum absolute atomic E-state index is 14.0. The van der Waals surface area contributed by atoms with Crippen LogP contribution in [0, 0.1) is 5.92 Å². The number of anilines is 2. The number of nitrogens with zero attached hydrogens (tertiary/aromatic N) is 1. The average Bonchev–Trinajstić information content (AvgIpc) is 3.36. The zero-order chi connectivity index (χ0) is 34.7. The predicted octanol–water partition coefficient (Wildman–Crippen LogP) is 6.33. The van der Waals surface area contributed by atoms with Crippen LogP contribution in [0.25, 0.3) is 22.2 Å². The van der Waals surface area contributed by atoms with Crippen molar-refractivity contribution in [1.82, 2.24) is 15.3 Å². The molecular formula is C37H45N5O6. The minimum atomic E-state index is -0.717. The van der Waals surface area contributed by atoms with Crippen molar-refractivity contribution in [3.63, 3.8) is 0 Å². The van der Waals surface area contributed by atoms with Crippen LogP contribution in [-0.2, 0) is 16.0 Å². The molecule has 11 heteroatoms. The molecule has 4 N–H and O–H groups in total. The maximum Gasteiger partial charge on any atom is 0.247 e. The van der Waals surface area contributed by atoms with E-state index in [0.29, 0.717) is 53.3 Å². The van der Waals surface area contributed by atoms with Gasteiger partial charge in [0.15, 0.2) is 11.5 Å². The molecule has 254 valence electrons. The molecule has 1 aliphatic rings. The number of hydrogen-bond donors (Lipinski definition) is 4. The fourth-order valence-corrected chi connectivity index (χ4v) is 6.30. The number of imidazole rings is 1. The molecule has 5 rings (SSSR count). The molecule has 0 aliphatic heterocycles. The smallest absolute Gasteiger partial charge is 0.247 e. The lowest BCUT2D eigenvalue weighted by atomic mass is 9.95. The van der Waals surface area contributed by atoms with E-state index in [4.69, 9.17) is 14.2 Å². The highest BCUT2D eigenvalue weighted by atomic mass is 16.5. The van der Waals surface area contributed by atoms with Gasteiger partial charge in [0.1, 0.15) is 11.9 Å². The molecule has 3 aromatic carbocycles. The summed E-state index contributed by atoms with van der Waals surface area (Å²) < 4.78 is 17.2. The molecule has 0 spiro atoms. The van der Waals surface area contributed by atoms with Crippen molar-refractivity contribution < 1.29 is 23.8 Å². The van der Waals surface area contributed by atoms with Gasteiger partial charge >= 0.3 is 0 Å². The summed E-state index contributed by atoms with van der Waals surface area (Å²) >= 11 is 0. The molecule has 0 saturated heterocycles. The number of ether oxygens (including phenoxy) is 3. The fourth-order valence-electron chi connectivity index (χ4n) is 6.30. The van der Waals surface area contributed by atoms with Gasteiger partial charge in [-0.25, -0.2) is 4.98 Å². The fraction of sp³-hybridized carbons (Fsp3) is 0.405. The molecule has 1 aliphatic carbocycles. The van der Waals surface area contributed by atoms with E-state index in [0.717, 1.165) is 28.0 Å². The highest BCUT2D eigenvalue weighted by molar-refractivity contribution is 5.98. The Bertz CT molecular complexity index is 1900. The summed E-state index contributed by atoms with van der Waals surface area (Å²) in [5.41, 5.74) is 5.28. The Morgan fingerprint density at radius 1 is 1.00 bits per heavy atom. The van der Waals surface area contributed by atoms with E-state index in [-0.39, 0.29) is 34.8 Å². The quantitative estimate of drug-likeness (QED) is 0.147. The second-order valence-corrected chi connectivity index (χ2v) is 12.6. The molecule has 0 bridgehead atoms. The Hall–Kier alpha value is -5.06. The summed E-state index contributed by atoms with van der Waals surface area (Å²) in [5, 5.41) is 9.34. The van der Waals surface area contributed by atoms with Gasteiger partial charge < -0.3 is 35.1 Å². The van der Waals surface area contributed by atoms with Crippen LogP contribution in [0.2, 0.25) is 0 Å². The second-order valence-electron chi connectivity index (χ2n) is 12.6. The lowest BCUT2D eigenvalue weighted by Crippen LogP contribution is -2.40. The Morgan fingerprint density at radius 3 is 2.40 bits per heavy atom. The minimum absolute atomic E-state index is 0.110. The maximum atomic E-state index is 14.0. The minimum Gasteiger partial charge on any atom is -0.493 e. The number of aromatic amines is 1. The highest BCUT2D eigenvalue weighted by Gasteiger charge is 2.30. The zero-order valence-electron chi connectivity index (χ0n) is 28.9. The number of aromatic nitrogens is 2. The first kappa shape index (κ1) is 34.3. The van der Waals surface area contributed by atoms with E-state index in [1.807, 2.05) is 44.2 Å². The van der Waals surface area contributed by atoms with Gasteiger partial charge in [-0.1, -0.05) is 40.2 Å². The lowest BCUT2D eigenvalue weighted by molar-refractivity contribution is -0.120. The van der Waals surface area contributed by atoms with E-state index in [1.165, 1.54) is 6.92 Å². The van der Waals surface area contributed by atoms with Gasteiger partial charge in [0.25, 0.3) is 0 Å². The summed E-state index contributed by atoms with van der Waals surface area (Å²) in [7, 11) is 4.67. The van der Waals surface area contributed by atoms with E-state index in [9.17, 15) is 14.4 Å². The molecule has 2 amide bonds. The summed E-state index contributed by atoms with van der Waals surface area (Å²) in [6, 6.07) is 11.4. The van der Waals surface area contributed by atoms with Crippen molar-refractivity contribution in [1.29, 1.82) is 0 Å². The van der Waals surface area contributed by atoms with E-state index >= 15 is 0 Å². The van der Waals surface area contributed by atoms with Crippen molar-refractivity contribution in [3.05, 3.63) is 69.6 Å². The third kappa shape index (κ3) is 6.81. The van der Waals surface area contributed by atoms with Gasteiger partial charge in [0.2, 0.25) is 23.0 Å². The number of hydrogen-bond acceptors (Lipinski definition) is 8. The van der Waals surface area contributed by atoms with E-state index in [2.05, 4.69) is 39.8 Å². The molecule has 48 heavy (non-hydrogen) atoms. The van der Waals surface area contributed by atoms with Crippen LogP contribution in [0.1, 0.15) is 76.4 Å². The Kier molecular flexibility index (Phi) is 10.3. The van der Waals surface area contributed by atoms with Gasteiger partial charge in [-0.05, 0) is 71.8 Å². The molecule has 1 aromatic heterocycles. The molecule has 11 nitrogen and oxygen atoms in total. The summed E-state index contributed by atoms with van der Waals surface area (Å²) in [4.78, 5) is 48.1. The largest absolute Gasteiger partial charge is 0.493 e. The monoisotopic (exact) mass is 655 g/mol. The van der Waals surface area contributed by atoms with Crippen molar-refractivity contribution in [2.24, 2.45) is 5.92 Å². The lowest BCUT2D eigenvalue weighted by Gasteiger charge is -2.24. The first-order valence-corrected chi connectivity index (χ1v) is 16.3. The van der Waals surface area contributed by atoms with Gasteiger partial charge in [-0.2, -0.15) is 0 Å². The van der Waals surface area contributed by atoms with E-state index in [1.54, 1.807) is 33.5 Å².